The lowest BCUT2D eigenvalue weighted by Crippen LogP contribution is -2.35. The molecule has 0 N–H and O–H groups in total. The molecule has 148 valence electrons. The number of methoxy groups -OCH3 is 1. The zero-order chi connectivity index (χ0) is 20.2. The second-order valence-corrected chi connectivity index (χ2v) is 9.55. The number of aryl methyl sites for hydroxylation is 2. The Balaban J connectivity index is 2.20. The Kier molecular flexibility index (Phi) is 6.79. The summed E-state index contributed by atoms with van der Waals surface area (Å²) in [6.07, 6.45) is 6.28. The molecule has 1 aromatic carbocycles. The molecule has 0 bridgehead atoms. The van der Waals surface area contributed by atoms with Crippen molar-refractivity contribution >= 4 is 17.8 Å². The van der Waals surface area contributed by atoms with Crippen molar-refractivity contribution in [2.75, 3.05) is 7.11 Å². The van der Waals surface area contributed by atoms with Crippen molar-refractivity contribution in [2.45, 2.75) is 57.8 Å². The lowest BCUT2D eigenvalue weighted by Gasteiger charge is -2.35. The van der Waals surface area contributed by atoms with Gasteiger partial charge < -0.3 is 4.74 Å². The maximum absolute atomic E-state index is 5.52. The molecule has 0 spiro atoms. The van der Waals surface area contributed by atoms with Crippen molar-refractivity contribution in [3.8, 4) is 0 Å². The Morgan fingerprint density at radius 2 is 1.81 bits per heavy atom. The third-order valence-corrected chi connectivity index (χ3v) is 5.79. The maximum atomic E-state index is 5.52. The number of ether oxygens (including phenoxy) is 1. The molecule has 1 unspecified atom stereocenters. The molecular formula is C22H34N3OS+. The van der Waals surface area contributed by atoms with Gasteiger partial charge in [-0.15, -0.1) is 0 Å². The number of benzene rings is 1. The van der Waals surface area contributed by atoms with Gasteiger partial charge in [-0.1, -0.05) is 46.8 Å². The van der Waals surface area contributed by atoms with Gasteiger partial charge in [0.1, 0.15) is 12.4 Å². The van der Waals surface area contributed by atoms with E-state index in [0.717, 1.165) is 17.1 Å². The Bertz CT molecular complexity index is 767. The van der Waals surface area contributed by atoms with Crippen LogP contribution in [0.25, 0.3) is 0 Å². The van der Waals surface area contributed by atoms with E-state index < -0.39 is 0 Å². The SMILES string of the molecule is CCC(C)(CC(C)(C)C)c1ccc(SN=C(OC)c2n(C)cc[n+]2C)cc1. The highest BCUT2D eigenvalue weighted by molar-refractivity contribution is 7.98. The van der Waals surface area contributed by atoms with E-state index >= 15 is 0 Å². The smallest absolute Gasteiger partial charge is 0.345 e. The summed E-state index contributed by atoms with van der Waals surface area (Å²) in [6, 6.07) is 8.83. The summed E-state index contributed by atoms with van der Waals surface area (Å²) in [5.41, 5.74) is 1.90. The molecule has 0 amide bonds. The standard InChI is InChI=1S/C22H34N3OS/c1-9-22(5,16-21(2,3)4)17-10-12-18(13-11-17)27-23-19(26-8)20-24(6)14-15-25(20)7/h10-15H,9,16H2,1-8H3/q+1. The highest BCUT2D eigenvalue weighted by Gasteiger charge is 2.30. The van der Waals surface area contributed by atoms with Gasteiger partial charge in [0.15, 0.2) is 0 Å². The number of rotatable bonds is 6. The van der Waals surface area contributed by atoms with E-state index in [2.05, 4.69) is 63.3 Å². The minimum absolute atomic E-state index is 0.194. The van der Waals surface area contributed by atoms with E-state index in [0.29, 0.717) is 11.3 Å². The fourth-order valence-corrected chi connectivity index (χ4v) is 4.28. The van der Waals surface area contributed by atoms with Gasteiger partial charge in [-0.25, -0.2) is 9.13 Å². The normalized spacial score (nSPS) is 14.9. The third-order valence-electron chi connectivity index (χ3n) is 5.05. The zero-order valence-electron chi connectivity index (χ0n) is 18.0. The average molecular weight is 389 g/mol. The van der Waals surface area contributed by atoms with Crippen molar-refractivity contribution in [3.05, 3.63) is 48.0 Å². The molecule has 27 heavy (non-hydrogen) atoms. The van der Waals surface area contributed by atoms with E-state index in [4.69, 9.17) is 4.74 Å². The van der Waals surface area contributed by atoms with Crippen LogP contribution in [-0.4, -0.2) is 17.6 Å². The first-order valence-electron chi connectivity index (χ1n) is 9.50. The molecule has 5 heteroatoms. The van der Waals surface area contributed by atoms with Crippen LogP contribution < -0.4 is 4.57 Å². The molecule has 0 saturated carbocycles. The van der Waals surface area contributed by atoms with Gasteiger partial charge in [0.2, 0.25) is 0 Å². The number of imidazole rings is 1. The molecule has 1 atom stereocenters. The Hall–Kier alpha value is -1.75. The number of hydrogen-bond donors (Lipinski definition) is 0. The van der Waals surface area contributed by atoms with Gasteiger partial charge in [-0.2, -0.15) is 4.40 Å². The van der Waals surface area contributed by atoms with Crippen LogP contribution in [0.2, 0.25) is 0 Å². The summed E-state index contributed by atoms with van der Waals surface area (Å²) in [5.74, 6) is 1.55. The molecule has 0 aliphatic rings. The topological polar surface area (TPSA) is 30.4 Å². The minimum Gasteiger partial charge on any atom is -0.475 e. The van der Waals surface area contributed by atoms with Crippen molar-refractivity contribution in [2.24, 2.45) is 23.9 Å². The van der Waals surface area contributed by atoms with Gasteiger partial charge in [-0.3, -0.25) is 0 Å². The van der Waals surface area contributed by atoms with Crippen LogP contribution in [-0.2, 0) is 24.2 Å². The molecule has 0 aliphatic heterocycles. The van der Waals surface area contributed by atoms with Gasteiger partial charge >= 0.3 is 11.7 Å². The summed E-state index contributed by atoms with van der Waals surface area (Å²) >= 11 is 1.45. The summed E-state index contributed by atoms with van der Waals surface area (Å²) in [7, 11) is 5.64. The predicted molar refractivity (Wildman–Crippen MR) is 114 cm³/mol. The van der Waals surface area contributed by atoms with Gasteiger partial charge in [-0.05, 0) is 41.4 Å². The van der Waals surface area contributed by atoms with E-state index in [9.17, 15) is 0 Å². The largest absolute Gasteiger partial charge is 0.475 e. The van der Waals surface area contributed by atoms with Crippen molar-refractivity contribution in [1.82, 2.24) is 4.57 Å². The lowest BCUT2D eigenvalue weighted by atomic mass is 9.69. The highest BCUT2D eigenvalue weighted by Crippen LogP contribution is 2.39. The van der Waals surface area contributed by atoms with Crippen LogP contribution >= 0.6 is 11.9 Å². The highest BCUT2D eigenvalue weighted by atomic mass is 32.2. The van der Waals surface area contributed by atoms with Crippen LogP contribution in [0.3, 0.4) is 0 Å². The molecule has 1 heterocycles. The minimum atomic E-state index is 0.194. The van der Waals surface area contributed by atoms with Crippen LogP contribution in [0.15, 0.2) is 46.0 Å². The molecule has 4 nitrogen and oxygen atoms in total. The number of aromatic nitrogens is 2. The molecule has 0 aliphatic carbocycles. The van der Waals surface area contributed by atoms with Crippen LogP contribution in [0.4, 0.5) is 0 Å². The molecule has 1 aromatic heterocycles. The molecule has 0 saturated heterocycles. The second kappa shape index (κ2) is 8.51. The third kappa shape index (κ3) is 5.38. The Labute approximate surface area is 168 Å². The molecular weight excluding hydrogens is 354 g/mol. The average Bonchev–Trinajstić information content (AvgIpc) is 2.94. The second-order valence-electron chi connectivity index (χ2n) is 8.71. The Morgan fingerprint density at radius 1 is 1.19 bits per heavy atom. The first-order chi connectivity index (χ1) is 12.6. The molecule has 0 fully saturated rings. The van der Waals surface area contributed by atoms with E-state index in [1.165, 1.54) is 23.9 Å². The van der Waals surface area contributed by atoms with E-state index in [1.807, 2.05) is 35.6 Å². The number of hydrogen-bond acceptors (Lipinski definition) is 3. The quantitative estimate of drug-likeness (QED) is 0.300. The van der Waals surface area contributed by atoms with E-state index in [1.54, 1.807) is 7.11 Å². The van der Waals surface area contributed by atoms with Crippen molar-refractivity contribution in [1.29, 1.82) is 0 Å². The summed E-state index contributed by atoms with van der Waals surface area (Å²) < 4.78 is 14.1. The maximum Gasteiger partial charge on any atom is 0.345 e. The monoisotopic (exact) mass is 388 g/mol. The fraction of sp³-hybridized carbons (Fsp3) is 0.545. The molecule has 0 radical (unpaired) electrons. The van der Waals surface area contributed by atoms with Gasteiger partial charge in [0.05, 0.1) is 21.2 Å². The summed E-state index contributed by atoms with van der Waals surface area (Å²) in [5, 5.41) is 0. The Morgan fingerprint density at radius 3 is 2.26 bits per heavy atom. The van der Waals surface area contributed by atoms with Crippen molar-refractivity contribution < 1.29 is 9.30 Å². The van der Waals surface area contributed by atoms with Crippen LogP contribution in [0.1, 0.15) is 58.8 Å². The summed E-state index contributed by atoms with van der Waals surface area (Å²) in [4.78, 5) is 1.11. The molecule has 2 rings (SSSR count). The van der Waals surface area contributed by atoms with Crippen LogP contribution in [0, 0.1) is 5.41 Å². The summed E-state index contributed by atoms with van der Waals surface area (Å²) in [6.45, 7) is 11.6. The number of nitrogens with zero attached hydrogens (tertiary/aromatic N) is 3. The first kappa shape index (κ1) is 21.5. The fourth-order valence-electron chi connectivity index (χ4n) is 3.68. The van der Waals surface area contributed by atoms with Crippen LogP contribution in [0.5, 0.6) is 0 Å². The predicted octanol–water partition coefficient (Wildman–Crippen LogP) is 5.05. The van der Waals surface area contributed by atoms with Gasteiger partial charge in [0, 0.05) is 16.8 Å². The molecule has 2 aromatic rings. The van der Waals surface area contributed by atoms with Crippen molar-refractivity contribution in [3.63, 3.8) is 0 Å². The zero-order valence-corrected chi connectivity index (χ0v) is 18.9. The lowest BCUT2D eigenvalue weighted by molar-refractivity contribution is -0.672. The van der Waals surface area contributed by atoms with Gasteiger partial charge in [0.25, 0.3) is 0 Å². The van der Waals surface area contributed by atoms with E-state index in [-0.39, 0.29) is 5.41 Å². The first-order valence-corrected chi connectivity index (χ1v) is 10.3.